The molecule has 1 aliphatic heterocycles. The van der Waals surface area contributed by atoms with Crippen LogP contribution in [0.1, 0.15) is 43.7 Å². The fourth-order valence-electron chi connectivity index (χ4n) is 4.50. The van der Waals surface area contributed by atoms with E-state index in [1.807, 2.05) is 13.8 Å². The first-order chi connectivity index (χ1) is 14.2. The van der Waals surface area contributed by atoms with Gasteiger partial charge in [0.15, 0.2) is 5.78 Å². The van der Waals surface area contributed by atoms with Crippen molar-refractivity contribution in [2.45, 2.75) is 32.6 Å². The van der Waals surface area contributed by atoms with Crippen LogP contribution in [0.25, 0.3) is 0 Å². The van der Waals surface area contributed by atoms with E-state index in [0.717, 1.165) is 5.70 Å². The second-order valence-electron chi connectivity index (χ2n) is 8.58. The van der Waals surface area contributed by atoms with E-state index in [-0.39, 0.29) is 11.2 Å². The zero-order valence-electron chi connectivity index (χ0n) is 17.7. The van der Waals surface area contributed by atoms with Crippen molar-refractivity contribution in [3.8, 4) is 11.5 Å². The highest BCUT2D eigenvalue weighted by Gasteiger charge is 2.43. The molecule has 4 rings (SSSR count). The fraction of sp³-hybridized carbons (Fsp3) is 0.409. The number of hydrogen-bond acceptors (Lipinski definition) is 6. The number of carbonyl (C=O) groups excluding carboxylic acids is 1. The first kappa shape index (κ1) is 20.0. The van der Waals surface area contributed by atoms with E-state index in [9.17, 15) is 14.4 Å². The van der Waals surface area contributed by atoms with Gasteiger partial charge in [-0.05, 0) is 30.0 Å². The molecule has 1 aromatic carbocycles. The van der Waals surface area contributed by atoms with Crippen molar-refractivity contribution in [2.75, 3.05) is 19.5 Å². The molecule has 2 aromatic rings. The van der Waals surface area contributed by atoms with Crippen molar-refractivity contribution in [1.82, 2.24) is 9.55 Å². The van der Waals surface area contributed by atoms with Gasteiger partial charge in [0.2, 0.25) is 0 Å². The number of rotatable bonds is 3. The minimum absolute atomic E-state index is 0.0254. The van der Waals surface area contributed by atoms with E-state index in [2.05, 4.69) is 10.3 Å². The van der Waals surface area contributed by atoms with Crippen LogP contribution in [0.4, 0.5) is 5.82 Å². The number of aromatic nitrogens is 2. The van der Waals surface area contributed by atoms with Crippen LogP contribution in [0.2, 0.25) is 0 Å². The standard InChI is InChI=1S/C22H25N3O5/c1-22(2)9-13-17(14(26)10-22)16(12-8-11(29-4)6-7-15(12)30-5)18-19(23-13)25(3)21(28)24-20(18)27/h6-8,16,23H,9-10H2,1-5H3,(H,24,27,28). The third kappa shape index (κ3) is 3.03. The smallest absolute Gasteiger partial charge is 0.329 e. The molecule has 2 heterocycles. The Kier molecular flexibility index (Phi) is 4.60. The van der Waals surface area contributed by atoms with E-state index in [1.54, 1.807) is 39.5 Å². The van der Waals surface area contributed by atoms with Crippen LogP contribution in [0.3, 0.4) is 0 Å². The molecule has 0 fully saturated rings. The number of ether oxygens (including phenoxy) is 2. The van der Waals surface area contributed by atoms with Gasteiger partial charge in [-0.2, -0.15) is 0 Å². The van der Waals surface area contributed by atoms with Crippen molar-refractivity contribution in [3.05, 3.63) is 61.4 Å². The molecule has 1 aromatic heterocycles. The highest BCUT2D eigenvalue weighted by molar-refractivity contribution is 6.01. The number of nitrogens with one attached hydrogen (secondary N) is 2. The molecule has 0 amide bonds. The number of methoxy groups -OCH3 is 2. The predicted octanol–water partition coefficient (Wildman–Crippen LogP) is 2.29. The zero-order chi connectivity index (χ0) is 21.8. The van der Waals surface area contributed by atoms with E-state index in [0.29, 0.717) is 46.9 Å². The Morgan fingerprint density at radius 1 is 1.10 bits per heavy atom. The summed E-state index contributed by atoms with van der Waals surface area (Å²) in [6, 6.07) is 5.29. The molecule has 8 nitrogen and oxygen atoms in total. The van der Waals surface area contributed by atoms with Crippen LogP contribution in [0.15, 0.2) is 39.1 Å². The third-order valence-corrected chi connectivity index (χ3v) is 5.87. The molecule has 2 aliphatic rings. The molecule has 0 saturated carbocycles. The maximum Gasteiger partial charge on any atom is 0.329 e. The lowest BCUT2D eigenvalue weighted by Gasteiger charge is -2.39. The molecule has 0 spiro atoms. The van der Waals surface area contributed by atoms with Gasteiger partial charge >= 0.3 is 5.69 Å². The lowest BCUT2D eigenvalue weighted by Crippen LogP contribution is -2.41. The molecule has 1 aliphatic carbocycles. The number of anilines is 1. The maximum atomic E-state index is 13.3. The number of ketones is 1. The summed E-state index contributed by atoms with van der Waals surface area (Å²) in [4.78, 5) is 40.9. The Morgan fingerprint density at radius 2 is 1.83 bits per heavy atom. The number of Topliss-reactive ketones (excluding diaryl/α,β-unsaturated/α-hetero) is 1. The van der Waals surface area contributed by atoms with Gasteiger partial charge in [0, 0.05) is 30.3 Å². The summed E-state index contributed by atoms with van der Waals surface area (Å²) in [5, 5.41) is 3.23. The fourth-order valence-corrected chi connectivity index (χ4v) is 4.50. The molecule has 8 heteroatoms. The molecular weight excluding hydrogens is 386 g/mol. The van der Waals surface area contributed by atoms with Crippen molar-refractivity contribution < 1.29 is 14.3 Å². The molecule has 2 N–H and O–H groups in total. The van der Waals surface area contributed by atoms with E-state index in [1.165, 1.54) is 4.57 Å². The topological polar surface area (TPSA) is 102 Å². The number of aromatic amines is 1. The first-order valence-electron chi connectivity index (χ1n) is 9.75. The largest absolute Gasteiger partial charge is 0.497 e. The summed E-state index contributed by atoms with van der Waals surface area (Å²) in [6.45, 7) is 4.06. The monoisotopic (exact) mass is 411 g/mol. The lowest BCUT2D eigenvalue weighted by molar-refractivity contribution is -0.118. The van der Waals surface area contributed by atoms with Crippen LogP contribution in [-0.2, 0) is 11.8 Å². The van der Waals surface area contributed by atoms with Gasteiger partial charge in [0.05, 0.1) is 25.7 Å². The van der Waals surface area contributed by atoms with Gasteiger partial charge in [-0.25, -0.2) is 4.79 Å². The van der Waals surface area contributed by atoms with Crippen LogP contribution in [0, 0.1) is 5.41 Å². The van der Waals surface area contributed by atoms with E-state index >= 15 is 0 Å². The Labute approximate surface area is 173 Å². The number of carbonyl (C=O) groups is 1. The lowest BCUT2D eigenvalue weighted by atomic mass is 9.69. The number of fused-ring (bicyclic) bond motifs is 1. The Morgan fingerprint density at radius 3 is 2.50 bits per heavy atom. The predicted molar refractivity (Wildman–Crippen MR) is 112 cm³/mol. The maximum absolute atomic E-state index is 13.3. The van der Waals surface area contributed by atoms with Gasteiger partial charge in [0.25, 0.3) is 5.56 Å². The number of H-pyrrole nitrogens is 1. The van der Waals surface area contributed by atoms with Crippen LogP contribution in [0.5, 0.6) is 11.5 Å². The van der Waals surface area contributed by atoms with Gasteiger partial charge in [0.1, 0.15) is 17.3 Å². The quantitative estimate of drug-likeness (QED) is 0.804. The number of allylic oxidation sites excluding steroid dienone is 2. The Bertz CT molecular complexity index is 1200. The molecule has 1 unspecified atom stereocenters. The molecule has 0 radical (unpaired) electrons. The normalized spacial score (nSPS) is 19.6. The second kappa shape index (κ2) is 6.90. The number of benzene rings is 1. The van der Waals surface area contributed by atoms with Crippen molar-refractivity contribution in [3.63, 3.8) is 0 Å². The first-order valence-corrected chi connectivity index (χ1v) is 9.75. The summed E-state index contributed by atoms with van der Waals surface area (Å²) in [7, 11) is 4.68. The Hall–Kier alpha value is -3.29. The highest BCUT2D eigenvalue weighted by Crippen LogP contribution is 2.49. The van der Waals surface area contributed by atoms with Crippen LogP contribution >= 0.6 is 0 Å². The van der Waals surface area contributed by atoms with Gasteiger partial charge < -0.3 is 14.8 Å². The van der Waals surface area contributed by atoms with Gasteiger partial charge in [-0.1, -0.05) is 13.8 Å². The minimum atomic E-state index is -0.680. The minimum Gasteiger partial charge on any atom is -0.497 e. The number of nitrogens with zero attached hydrogens (tertiary/aromatic N) is 1. The zero-order valence-corrected chi connectivity index (χ0v) is 17.7. The highest BCUT2D eigenvalue weighted by atomic mass is 16.5. The molecule has 158 valence electrons. The third-order valence-electron chi connectivity index (χ3n) is 5.87. The molecular formula is C22H25N3O5. The summed E-state index contributed by atoms with van der Waals surface area (Å²) >= 11 is 0. The summed E-state index contributed by atoms with van der Waals surface area (Å²) in [6.07, 6.45) is 0.993. The van der Waals surface area contributed by atoms with Crippen molar-refractivity contribution in [1.29, 1.82) is 0 Å². The van der Waals surface area contributed by atoms with Crippen LogP contribution < -0.4 is 26.0 Å². The van der Waals surface area contributed by atoms with E-state index in [4.69, 9.17) is 9.47 Å². The molecule has 0 saturated heterocycles. The molecule has 1 atom stereocenters. The average Bonchev–Trinajstić information content (AvgIpc) is 2.69. The van der Waals surface area contributed by atoms with Gasteiger partial charge in [-0.15, -0.1) is 0 Å². The molecule has 0 bridgehead atoms. The molecule has 30 heavy (non-hydrogen) atoms. The average molecular weight is 411 g/mol. The summed E-state index contributed by atoms with van der Waals surface area (Å²) in [5.41, 5.74) is 0.952. The van der Waals surface area contributed by atoms with E-state index < -0.39 is 17.2 Å². The van der Waals surface area contributed by atoms with Crippen LogP contribution in [-0.4, -0.2) is 29.6 Å². The SMILES string of the molecule is COc1ccc(OC)c(C2C3=C(CC(C)(C)CC3=O)Nc3c2c(=O)[nH]c(=O)n3C)c1. The second-order valence-corrected chi connectivity index (χ2v) is 8.58. The Balaban J connectivity index is 2.09. The summed E-state index contributed by atoms with van der Waals surface area (Å²) < 4.78 is 12.3. The number of hydrogen-bond donors (Lipinski definition) is 2. The van der Waals surface area contributed by atoms with Crippen molar-refractivity contribution >= 4 is 11.6 Å². The summed E-state index contributed by atoms with van der Waals surface area (Å²) in [5.74, 6) is 0.801. The van der Waals surface area contributed by atoms with Gasteiger partial charge in [-0.3, -0.25) is 19.1 Å². The van der Waals surface area contributed by atoms with Crippen molar-refractivity contribution in [2.24, 2.45) is 12.5 Å².